The molecule has 5 nitrogen and oxygen atoms in total. The molecule has 2 aromatic carbocycles. The third-order valence-corrected chi connectivity index (χ3v) is 5.50. The lowest BCUT2D eigenvalue weighted by Gasteiger charge is -2.15. The van der Waals surface area contributed by atoms with Gasteiger partial charge in [0.25, 0.3) is 0 Å². The molecular formula is C25H24N4O. The summed E-state index contributed by atoms with van der Waals surface area (Å²) in [6.07, 6.45) is 1.90. The average Bonchev–Trinajstić information content (AvgIpc) is 3.27. The highest BCUT2D eigenvalue weighted by molar-refractivity contribution is 5.91. The molecule has 0 unspecified atom stereocenters. The van der Waals surface area contributed by atoms with Gasteiger partial charge >= 0.3 is 0 Å². The van der Waals surface area contributed by atoms with Gasteiger partial charge in [-0.15, -0.1) is 0 Å². The van der Waals surface area contributed by atoms with Crippen LogP contribution in [0.2, 0.25) is 0 Å². The molecule has 0 bridgehead atoms. The van der Waals surface area contributed by atoms with Crippen LogP contribution in [0.15, 0.2) is 42.5 Å². The summed E-state index contributed by atoms with van der Waals surface area (Å²) in [5.41, 5.74) is 8.99. The minimum absolute atomic E-state index is 0.493. The Hall–Kier alpha value is -3.78. The lowest BCUT2D eigenvalue weighted by molar-refractivity contribution is 0.415. The Bertz CT molecular complexity index is 1310. The number of benzene rings is 2. The van der Waals surface area contributed by atoms with Gasteiger partial charge in [-0.1, -0.05) is 18.2 Å². The normalized spacial score (nSPS) is 11.7. The number of imidazole rings is 1. The summed E-state index contributed by atoms with van der Waals surface area (Å²) in [6.45, 7) is 8.43. The van der Waals surface area contributed by atoms with E-state index < -0.39 is 0 Å². The second kappa shape index (κ2) is 7.57. The fourth-order valence-corrected chi connectivity index (χ4v) is 3.99. The maximum Gasteiger partial charge on any atom is 0.149 e. The van der Waals surface area contributed by atoms with Crippen molar-refractivity contribution in [2.24, 2.45) is 0 Å². The van der Waals surface area contributed by atoms with E-state index in [2.05, 4.69) is 72.6 Å². The van der Waals surface area contributed by atoms with Crippen molar-refractivity contribution < 1.29 is 4.74 Å². The molecule has 5 heteroatoms. The first kappa shape index (κ1) is 19.5. The van der Waals surface area contributed by atoms with Gasteiger partial charge in [-0.05, 0) is 68.7 Å². The maximum atomic E-state index is 9.83. The number of para-hydroxylation sites is 1. The van der Waals surface area contributed by atoms with Crippen LogP contribution in [0.1, 0.15) is 33.9 Å². The van der Waals surface area contributed by atoms with Crippen LogP contribution in [0.5, 0.6) is 5.75 Å². The van der Waals surface area contributed by atoms with E-state index in [1.54, 1.807) is 7.11 Å². The van der Waals surface area contributed by atoms with Gasteiger partial charge < -0.3 is 14.3 Å². The van der Waals surface area contributed by atoms with Crippen LogP contribution in [0.4, 0.5) is 0 Å². The summed E-state index contributed by atoms with van der Waals surface area (Å²) in [5.74, 6) is 1.30. The van der Waals surface area contributed by atoms with Crippen molar-refractivity contribution in [1.29, 1.82) is 5.26 Å². The van der Waals surface area contributed by atoms with Crippen LogP contribution in [0.3, 0.4) is 0 Å². The Kier molecular flexibility index (Phi) is 4.93. The van der Waals surface area contributed by atoms with Crippen LogP contribution in [0.25, 0.3) is 28.4 Å². The molecule has 0 aliphatic rings. The molecule has 0 aliphatic heterocycles. The van der Waals surface area contributed by atoms with E-state index in [4.69, 9.17) is 4.74 Å². The maximum absolute atomic E-state index is 9.83. The number of nitriles is 1. The number of aromatic nitrogens is 3. The van der Waals surface area contributed by atoms with Crippen molar-refractivity contribution in [3.05, 3.63) is 76.4 Å². The fourth-order valence-electron chi connectivity index (χ4n) is 3.99. The highest BCUT2D eigenvalue weighted by atomic mass is 16.5. The summed E-state index contributed by atoms with van der Waals surface area (Å²) >= 11 is 0. The number of rotatable bonds is 4. The Morgan fingerprint density at radius 3 is 2.50 bits per heavy atom. The smallest absolute Gasteiger partial charge is 0.149 e. The number of H-pyrrole nitrogens is 1. The molecule has 0 saturated carbocycles. The van der Waals surface area contributed by atoms with Gasteiger partial charge in [0, 0.05) is 17.5 Å². The molecule has 0 amide bonds. The summed E-state index contributed by atoms with van der Waals surface area (Å²) in [4.78, 5) is 7.84. The Morgan fingerprint density at radius 1 is 1.10 bits per heavy atom. The zero-order valence-electron chi connectivity index (χ0n) is 17.9. The molecule has 4 aromatic rings. The van der Waals surface area contributed by atoms with E-state index in [0.717, 1.165) is 33.7 Å². The van der Waals surface area contributed by atoms with Crippen LogP contribution < -0.4 is 4.74 Å². The number of fused-ring (bicyclic) bond motifs is 1. The predicted molar refractivity (Wildman–Crippen MR) is 121 cm³/mol. The van der Waals surface area contributed by atoms with Gasteiger partial charge in [-0.2, -0.15) is 5.26 Å². The van der Waals surface area contributed by atoms with E-state index in [0.29, 0.717) is 11.4 Å². The van der Waals surface area contributed by atoms with E-state index in [1.165, 1.54) is 16.8 Å². The number of hydrogen-bond donors (Lipinski definition) is 1. The van der Waals surface area contributed by atoms with Crippen LogP contribution >= 0.6 is 0 Å². The first-order valence-corrected chi connectivity index (χ1v) is 9.84. The molecule has 0 aliphatic carbocycles. The molecule has 0 atom stereocenters. The molecule has 1 N–H and O–H groups in total. The minimum atomic E-state index is 0.493. The molecule has 2 heterocycles. The van der Waals surface area contributed by atoms with Crippen molar-refractivity contribution in [3.8, 4) is 17.5 Å². The van der Waals surface area contributed by atoms with Crippen LogP contribution in [-0.2, 0) is 0 Å². The Morgan fingerprint density at radius 2 is 1.83 bits per heavy atom. The third kappa shape index (κ3) is 3.27. The standard InChI is InChI=1S/C25H24N4O/c1-15-7-6-8-16(2)24(15)29-17(3)11-19(18(29)4)12-20(14-26)25-27-22-10-9-21(30-5)13-23(22)28-25/h6-13H,1-5H3,(H,27,28)/b20-12-. The van der Waals surface area contributed by atoms with Crippen LogP contribution in [0, 0.1) is 39.0 Å². The Balaban J connectivity index is 1.82. The summed E-state index contributed by atoms with van der Waals surface area (Å²) in [6, 6.07) is 16.4. The monoisotopic (exact) mass is 396 g/mol. The van der Waals surface area contributed by atoms with Gasteiger partial charge in [0.2, 0.25) is 0 Å². The highest BCUT2D eigenvalue weighted by Crippen LogP contribution is 2.29. The van der Waals surface area contributed by atoms with Crippen molar-refractivity contribution in [3.63, 3.8) is 0 Å². The quantitative estimate of drug-likeness (QED) is 0.453. The van der Waals surface area contributed by atoms with Gasteiger partial charge in [0.1, 0.15) is 17.6 Å². The number of methoxy groups -OCH3 is 1. The summed E-state index contributed by atoms with van der Waals surface area (Å²) < 4.78 is 7.54. The van der Waals surface area contributed by atoms with Crippen molar-refractivity contribution in [2.75, 3.05) is 7.11 Å². The fraction of sp³-hybridized carbons (Fsp3) is 0.200. The number of allylic oxidation sites excluding steroid dienone is 1. The van der Waals surface area contributed by atoms with Crippen molar-refractivity contribution in [2.45, 2.75) is 27.7 Å². The number of aromatic amines is 1. The van der Waals surface area contributed by atoms with Gasteiger partial charge in [-0.3, -0.25) is 0 Å². The molecular weight excluding hydrogens is 372 g/mol. The first-order chi connectivity index (χ1) is 14.4. The molecule has 30 heavy (non-hydrogen) atoms. The summed E-state index contributed by atoms with van der Waals surface area (Å²) in [7, 11) is 1.63. The average molecular weight is 396 g/mol. The van der Waals surface area contributed by atoms with Gasteiger partial charge in [0.15, 0.2) is 0 Å². The lowest BCUT2D eigenvalue weighted by atomic mass is 10.1. The molecule has 2 aromatic heterocycles. The number of ether oxygens (including phenoxy) is 1. The second-order valence-corrected chi connectivity index (χ2v) is 7.54. The van der Waals surface area contributed by atoms with E-state index in [1.807, 2.05) is 24.3 Å². The number of nitrogens with zero attached hydrogens (tertiary/aromatic N) is 3. The predicted octanol–water partition coefficient (Wildman–Crippen LogP) is 5.66. The minimum Gasteiger partial charge on any atom is -0.497 e. The summed E-state index contributed by atoms with van der Waals surface area (Å²) in [5, 5.41) is 9.83. The zero-order chi connectivity index (χ0) is 21.4. The topological polar surface area (TPSA) is 66.6 Å². The van der Waals surface area contributed by atoms with E-state index >= 15 is 0 Å². The van der Waals surface area contributed by atoms with Gasteiger partial charge in [0.05, 0.1) is 29.4 Å². The number of aryl methyl sites for hydroxylation is 3. The van der Waals surface area contributed by atoms with Crippen molar-refractivity contribution in [1.82, 2.24) is 14.5 Å². The molecule has 0 spiro atoms. The largest absolute Gasteiger partial charge is 0.497 e. The van der Waals surface area contributed by atoms with Crippen molar-refractivity contribution >= 4 is 22.7 Å². The molecule has 4 rings (SSSR count). The molecule has 150 valence electrons. The molecule has 0 radical (unpaired) electrons. The third-order valence-electron chi connectivity index (χ3n) is 5.50. The lowest BCUT2D eigenvalue weighted by Crippen LogP contribution is -2.04. The first-order valence-electron chi connectivity index (χ1n) is 9.84. The zero-order valence-corrected chi connectivity index (χ0v) is 17.9. The van der Waals surface area contributed by atoms with Crippen LogP contribution in [-0.4, -0.2) is 21.6 Å². The van der Waals surface area contributed by atoms with E-state index in [-0.39, 0.29) is 0 Å². The number of nitrogens with one attached hydrogen (secondary N) is 1. The second-order valence-electron chi connectivity index (χ2n) is 7.54. The Labute approximate surface area is 176 Å². The SMILES string of the molecule is COc1ccc2nc(/C(C#N)=C\c3cc(C)n(-c4c(C)cccc4C)c3C)[nH]c2c1. The van der Waals surface area contributed by atoms with E-state index in [9.17, 15) is 5.26 Å². The van der Waals surface area contributed by atoms with Gasteiger partial charge in [-0.25, -0.2) is 4.98 Å². The molecule has 0 saturated heterocycles. The molecule has 0 fully saturated rings. The highest BCUT2D eigenvalue weighted by Gasteiger charge is 2.15. The number of hydrogen-bond acceptors (Lipinski definition) is 3.